The van der Waals surface area contributed by atoms with E-state index in [-0.39, 0.29) is 5.56 Å². The summed E-state index contributed by atoms with van der Waals surface area (Å²) in [7, 11) is 1.52. The molecule has 1 aromatic heterocycles. The lowest BCUT2D eigenvalue weighted by atomic mass is 10.2. The number of ether oxygens (including phenoxy) is 2. The van der Waals surface area contributed by atoms with Crippen molar-refractivity contribution in [2.24, 2.45) is 0 Å². The molecule has 2 aromatic carbocycles. The van der Waals surface area contributed by atoms with E-state index < -0.39 is 18.0 Å². The van der Waals surface area contributed by atoms with Crippen LogP contribution in [0.3, 0.4) is 0 Å². The molecule has 0 saturated carbocycles. The van der Waals surface area contributed by atoms with Gasteiger partial charge in [0.2, 0.25) is 0 Å². The molecular weight excluding hydrogens is 336 g/mol. The van der Waals surface area contributed by atoms with E-state index in [0.717, 1.165) is 0 Å². The van der Waals surface area contributed by atoms with Gasteiger partial charge >= 0.3 is 5.97 Å². The zero-order valence-corrected chi connectivity index (χ0v) is 14.4. The molecule has 0 aliphatic rings. The summed E-state index contributed by atoms with van der Waals surface area (Å²) in [6.45, 7) is 1.76. The molecule has 7 nitrogen and oxygen atoms in total. The van der Waals surface area contributed by atoms with Crippen LogP contribution in [-0.4, -0.2) is 30.1 Å². The van der Waals surface area contributed by atoms with Crippen molar-refractivity contribution >= 4 is 28.7 Å². The Morgan fingerprint density at radius 3 is 2.81 bits per heavy atom. The zero-order valence-electron chi connectivity index (χ0n) is 14.4. The van der Waals surface area contributed by atoms with Crippen molar-refractivity contribution in [2.45, 2.75) is 19.4 Å². The maximum Gasteiger partial charge on any atom is 0.339 e. The molecular formula is C19H18N2O5. The van der Waals surface area contributed by atoms with Gasteiger partial charge in [0.05, 0.1) is 18.4 Å². The quantitative estimate of drug-likeness (QED) is 0.682. The van der Waals surface area contributed by atoms with Crippen LogP contribution in [0.1, 0.15) is 23.7 Å². The highest BCUT2D eigenvalue weighted by Crippen LogP contribution is 2.24. The molecule has 0 radical (unpaired) electrons. The van der Waals surface area contributed by atoms with Crippen LogP contribution in [-0.2, 0) is 9.53 Å². The Bertz CT molecular complexity index is 934. The predicted octanol–water partition coefficient (Wildman–Crippen LogP) is 3.41. The number of hydrogen-bond acceptors (Lipinski definition) is 6. The van der Waals surface area contributed by atoms with Crippen molar-refractivity contribution in [2.75, 3.05) is 12.4 Å². The Morgan fingerprint density at radius 1 is 1.23 bits per heavy atom. The number of carbonyl (C=O) groups is 2. The minimum atomic E-state index is -0.933. The summed E-state index contributed by atoms with van der Waals surface area (Å²) in [5.74, 6) is -0.505. The van der Waals surface area contributed by atoms with Gasteiger partial charge in [0.15, 0.2) is 18.1 Å². The maximum absolute atomic E-state index is 12.5. The van der Waals surface area contributed by atoms with E-state index in [1.54, 1.807) is 43.3 Å². The third-order valence-electron chi connectivity index (χ3n) is 3.84. The standard InChI is InChI=1S/C19H18N2O5/c1-3-15(18(22)21-14-6-4-5-7-16(14)24-2)26-19(23)12-8-9-13-17(10-12)25-11-20-13/h4-11,15H,3H2,1-2H3,(H,21,22). The highest BCUT2D eigenvalue weighted by Gasteiger charge is 2.23. The summed E-state index contributed by atoms with van der Waals surface area (Å²) < 4.78 is 15.7. The average Bonchev–Trinajstić information content (AvgIpc) is 3.14. The summed E-state index contributed by atoms with van der Waals surface area (Å²) >= 11 is 0. The van der Waals surface area contributed by atoms with Gasteiger partial charge in [-0.1, -0.05) is 19.1 Å². The fourth-order valence-corrected chi connectivity index (χ4v) is 2.46. The third-order valence-corrected chi connectivity index (χ3v) is 3.84. The van der Waals surface area contributed by atoms with E-state index >= 15 is 0 Å². The van der Waals surface area contributed by atoms with E-state index in [9.17, 15) is 9.59 Å². The first kappa shape index (κ1) is 17.5. The first-order chi connectivity index (χ1) is 12.6. The fourth-order valence-electron chi connectivity index (χ4n) is 2.46. The van der Waals surface area contributed by atoms with Crippen LogP contribution in [0.25, 0.3) is 11.1 Å². The number of carbonyl (C=O) groups excluding carboxylic acids is 2. The SMILES string of the molecule is CCC(OC(=O)c1ccc2ncoc2c1)C(=O)Nc1ccccc1OC. The maximum atomic E-state index is 12.5. The number of methoxy groups -OCH3 is 1. The first-order valence-corrected chi connectivity index (χ1v) is 8.10. The molecule has 0 aliphatic heterocycles. The Balaban J connectivity index is 1.71. The topological polar surface area (TPSA) is 90.7 Å². The van der Waals surface area contributed by atoms with Gasteiger partial charge in [0.1, 0.15) is 11.3 Å². The lowest BCUT2D eigenvalue weighted by molar-refractivity contribution is -0.124. The summed E-state index contributed by atoms with van der Waals surface area (Å²) in [4.78, 5) is 28.8. The van der Waals surface area contributed by atoms with Gasteiger partial charge in [-0.3, -0.25) is 4.79 Å². The van der Waals surface area contributed by atoms with E-state index in [2.05, 4.69) is 10.3 Å². The van der Waals surface area contributed by atoms with Gasteiger partial charge < -0.3 is 19.2 Å². The van der Waals surface area contributed by atoms with Crippen LogP contribution in [0.15, 0.2) is 53.3 Å². The van der Waals surface area contributed by atoms with Gasteiger partial charge in [-0.15, -0.1) is 0 Å². The molecule has 1 amide bonds. The van der Waals surface area contributed by atoms with Gasteiger partial charge in [0, 0.05) is 0 Å². The molecule has 1 atom stereocenters. The number of fused-ring (bicyclic) bond motifs is 1. The number of nitrogens with zero attached hydrogens (tertiary/aromatic N) is 1. The fraction of sp³-hybridized carbons (Fsp3) is 0.211. The molecule has 1 heterocycles. The van der Waals surface area contributed by atoms with E-state index in [1.165, 1.54) is 19.6 Å². The van der Waals surface area contributed by atoms with Crippen LogP contribution in [0.5, 0.6) is 5.75 Å². The zero-order chi connectivity index (χ0) is 18.5. The second kappa shape index (κ2) is 7.69. The van der Waals surface area contributed by atoms with E-state index in [0.29, 0.717) is 29.0 Å². The number of amides is 1. The van der Waals surface area contributed by atoms with Crippen molar-refractivity contribution in [1.29, 1.82) is 0 Å². The Labute approximate surface area is 149 Å². The highest BCUT2D eigenvalue weighted by molar-refractivity contribution is 5.99. The van der Waals surface area contributed by atoms with Crippen molar-refractivity contribution in [1.82, 2.24) is 4.98 Å². The number of anilines is 1. The highest BCUT2D eigenvalue weighted by atomic mass is 16.5. The summed E-state index contributed by atoms with van der Waals surface area (Å²) in [5, 5.41) is 2.73. The number of hydrogen-bond donors (Lipinski definition) is 1. The Morgan fingerprint density at radius 2 is 2.04 bits per heavy atom. The van der Waals surface area contributed by atoms with Gasteiger partial charge in [-0.05, 0) is 36.8 Å². The second-order valence-electron chi connectivity index (χ2n) is 5.53. The van der Waals surface area contributed by atoms with Crippen molar-refractivity contribution in [3.8, 4) is 5.75 Å². The number of para-hydroxylation sites is 2. The van der Waals surface area contributed by atoms with Gasteiger partial charge in [0.25, 0.3) is 5.91 Å². The van der Waals surface area contributed by atoms with Gasteiger partial charge in [-0.2, -0.15) is 0 Å². The number of esters is 1. The van der Waals surface area contributed by atoms with E-state index in [4.69, 9.17) is 13.9 Å². The molecule has 7 heteroatoms. The van der Waals surface area contributed by atoms with E-state index in [1.807, 2.05) is 0 Å². The monoisotopic (exact) mass is 354 g/mol. The smallest absolute Gasteiger partial charge is 0.339 e. The Hall–Kier alpha value is -3.35. The molecule has 0 saturated heterocycles. The van der Waals surface area contributed by atoms with Crippen LogP contribution in [0.2, 0.25) is 0 Å². The number of aromatic nitrogens is 1. The molecule has 1 N–H and O–H groups in total. The van der Waals surface area contributed by atoms with Crippen molar-refractivity contribution in [3.63, 3.8) is 0 Å². The lowest BCUT2D eigenvalue weighted by Gasteiger charge is -2.17. The molecule has 0 bridgehead atoms. The normalized spacial score (nSPS) is 11.8. The average molecular weight is 354 g/mol. The minimum Gasteiger partial charge on any atom is -0.495 e. The number of rotatable bonds is 6. The summed E-state index contributed by atoms with van der Waals surface area (Å²) in [6, 6.07) is 11.8. The summed E-state index contributed by atoms with van der Waals surface area (Å²) in [5.41, 5.74) is 1.92. The third kappa shape index (κ3) is 3.66. The molecule has 3 aromatic rings. The minimum absolute atomic E-state index is 0.290. The molecule has 134 valence electrons. The second-order valence-corrected chi connectivity index (χ2v) is 5.53. The molecule has 0 fully saturated rings. The lowest BCUT2D eigenvalue weighted by Crippen LogP contribution is -2.32. The van der Waals surface area contributed by atoms with Crippen molar-refractivity contribution in [3.05, 3.63) is 54.4 Å². The molecule has 0 spiro atoms. The van der Waals surface area contributed by atoms with Crippen LogP contribution in [0.4, 0.5) is 5.69 Å². The molecule has 26 heavy (non-hydrogen) atoms. The first-order valence-electron chi connectivity index (χ1n) is 8.10. The van der Waals surface area contributed by atoms with Gasteiger partial charge in [-0.25, -0.2) is 9.78 Å². The van der Waals surface area contributed by atoms with Crippen LogP contribution < -0.4 is 10.1 Å². The predicted molar refractivity (Wildman–Crippen MR) is 95.1 cm³/mol. The number of benzene rings is 2. The van der Waals surface area contributed by atoms with Crippen LogP contribution in [0, 0.1) is 0 Å². The number of oxazole rings is 1. The van der Waals surface area contributed by atoms with Crippen LogP contribution >= 0.6 is 0 Å². The number of nitrogens with one attached hydrogen (secondary N) is 1. The summed E-state index contributed by atoms with van der Waals surface area (Å²) in [6.07, 6.45) is 0.699. The Kier molecular flexibility index (Phi) is 5.17. The molecule has 0 aliphatic carbocycles. The molecule has 3 rings (SSSR count). The largest absolute Gasteiger partial charge is 0.495 e. The molecule has 1 unspecified atom stereocenters. The van der Waals surface area contributed by atoms with Crippen molar-refractivity contribution < 1.29 is 23.5 Å².